The van der Waals surface area contributed by atoms with Crippen LogP contribution < -0.4 is 4.74 Å². The van der Waals surface area contributed by atoms with Crippen LogP contribution in [0.1, 0.15) is 61.3 Å². The number of nitrogens with zero attached hydrogens (tertiary/aromatic N) is 2. The number of hydrogen-bond donors (Lipinski definition) is 0. The number of hydrogen-bond acceptors (Lipinski definition) is 5. The quantitative estimate of drug-likeness (QED) is 0.307. The first-order valence-electron chi connectivity index (χ1n) is 8.39. The van der Waals surface area contributed by atoms with E-state index in [9.17, 15) is 4.79 Å². The summed E-state index contributed by atoms with van der Waals surface area (Å²) in [5.74, 6) is 0.690. The van der Waals surface area contributed by atoms with Crippen LogP contribution in [0.5, 0.6) is 5.75 Å². The molecule has 0 fully saturated rings. The molecule has 1 atom stereocenters. The molecule has 0 aromatic heterocycles. The van der Waals surface area contributed by atoms with Gasteiger partial charge in [-0.2, -0.15) is 5.11 Å². The van der Waals surface area contributed by atoms with Crippen molar-refractivity contribution in [1.29, 1.82) is 0 Å². The summed E-state index contributed by atoms with van der Waals surface area (Å²) in [6.07, 6.45) is 0.548. The molecule has 1 aromatic rings. The molecule has 0 saturated carbocycles. The van der Waals surface area contributed by atoms with Crippen LogP contribution in [0.15, 0.2) is 39.4 Å². The molecule has 0 amide bonds. The van der Waals surface area contributed by atoms with Crippen molar-refractivity contribution in [2.45, 2.75) is 82.2 Å². The topological polar surface area (TPSA) is 51.0 Å². The smallest absolute Gasteiger partial charge is 0.221 e. The highest BCUT2D eigenvalue weighted by Gasteiger charge is 2.28. The lowest BCUT2D eigenvalue weighted by molar-refractivity contribution is -0.112. The Morgan fingerprint density at radius 2 is 1.60 bits per heavy atom. The lowest BCUT2D eigenvalue weighted by Gasteiger charge is -2.26. The molecule has 1 rings (SSSR count). The fourth-order valence-corrected chi connectivity index (χ4v) is 2.96. The van der Waals surface area contributed by atoms with Crippen molar-refractivity contribution in [2.75, 3.05) is 0 Å². The van der Waals surface area contributed by atoms with Gasteiger partial charge in [0.25, 0.3) is 0 Å². The molecule has 0 aliphatic rings. The molecule has 0 radical (unpaired) electrons. The SMILES string of the molecule is CC(C)(C)N=NC(C)(CCC(=O)Cl)Oc1ccc(SC(C)(C)C)cc1. The fourth-order valence-electron chi connectivity index (χ4n) is 1.89. The van der Waals surface area contributed by atoms with Crippen LogP contribution in [0.25, 0.3) is 0 Å². The molecule has 0 spiro atoms. The zero-order chi connectivity index (χ0) is 19.3. The standard InChI is InChI=1S/C19H29ClN2O2S/c1-17(2,3)21-22-19(7,13-12-16(20)23)24-14-8-10-15(11-9-14)25-18(4,5)6/h8-11H,12-13H2,1-7H3. The maximum Gasteiger partial charge on any atom is 0.221 e. The zero-order valence-electron chi connectivity index (χ0n) is 16.2. The Bertz CT molecular complexity index is 603. The van der Waals surface area contributed by atoms with Crippen LogP contribution in [0.4, 0.5) is 0 Å². The minimum atomic E-state index is -0.934. The summed E-state index contributed by atoms with van der Waals surface area (Å²) >= 11 is 7.29. The lowest BCUT2D eigenvalue weighted by Crippen LogP contribution is -2.31. The van der Waals surface area contributed by atoms with Crippen molar-refractivity contribution in [1.82, 2.24) is 0 Å². The van der Waals surface area contributed by atoms with Gasteiger partial charge in [-0.3, -0.25) is 4.79 Å². The van der Waals surface area contributed by atoms with Gasteiger partial charge in [-0.15, -0.1) is 16.9 Å². The van der Waals surface area contributed by atoms with Gasteiger partial charge < -0.3 is 4.74 Å². The first-order valence-corrected chi connectivity index (χ1v) is 9.58. The monoisotopic (exact) mass is 384 g/mol. The van der Waals surface area contributed by atoms with E-state index in [0.29, 0.717) is 12.2 Å². The van der Waals surface area contributed by atoms with Gasteiger partial charge in [-0.25, -0.2) is 0 Å². The van der Waals surface area contributed by atoms with E-state index in [2.05, 4.69) is 31.0 Å². The van der Waals surface area contributed by atoms with E-state index in [1.54, 1.807) is 11.8 Å². The molecule has 1 unspecified atom stereocenters. The highest BCUT2D eigenvalue weighted by molar-refractivity contribution is 8.00. The molecule has 6 heteroatoms. The second kappa shape index (κ2) is 8.54. The largest absolute Gasteiger partial charge is 0.465 e. The molecule has 0 N–H and O–H groups in total. The summed E-state index contributed by atoms with van der Waals surface area (Å²) in [7, 11) is 0. The van der Waals surface area contributed by atoms with Gasteiger partial charge in [-0.1, -0.05) is 20.8 Å². The van der Waals surface area contributed by atoms with Gasteiger partial charge in [0.15, 0.2) is 0 Å². The van der Waals surface area contributed by atoms with Gasteiger partial charge in [0, 0.05) is 22.5 Å². The molecule has 4 nitrogen and oxygen atoms in total. The minimum Gasteiger partial charge on any atom is -0.465 e. The Morgan fingerprint density at radius 1 is 1.04 bits per heavy atom. The van der Waals surface area contributed by atoms with Crippen LogP contribution >= 0.6 is 23.4 Å². The van der Waals surface area contributed by atoms with Crippen LogP contribution in [-0.4, -0.2) is 21.3 Å². The van der Waals surface area contributed by atoms with Gasteiger partial charge in [0.1, 0.15) is 5.75 Å². The number of benzene rings is 1. The molecule has 0 aliphatic heterocycles. The van der Waals surface area contributed by atoms with Crippen molar-refractivity contribution < 1.29 is 9.53 Å². The first kappa shape index (κ1) is 22.0. The van der Waals surface area contributed by atoms with Gasteiger partial charge >= 0.3 is 0 Å². The Morgan fingerprint density at radius 3 is 2.04 bits per heavy atom. The highest BCUT2D eigenvalue weighted by atomic mass is 35.5. The van der Waals surface area contributed by atoms with E-state index >= 15 is 0 Å². The van der Waals surface area contributed by atoms with Crippen LogP contribution in [-0.2, 0) is 4.79 Å². The van der Waals surface area contributed by atoms with Crippen molar-refractivity contribution in [2.24, 2.45) is 10.2 Å². The Balaban J connectivity index is 2.93. The maximum absolute atomic E-state index is 11.2. The number of halogens is 1. The normalized spacial score (nSPS) is 15.2. The van der Waals surface area contributed by atoms with Crippen LogP contribution in [0.2, 0.25) is 0 Å². The van der Waals surface area contributed by atoms with E-state index in [4.69, 9.17) is 16.3 Å². The fraction of sp³-hybridized carbons (Fsp3) is 0.632. The van der Waals surface area contributed by atoms with E-state index in [1.807, 2.05) is 52.0 Å². The molecule has 1 aromatic carbocycles. The van der Waals surface area contributed by atoms with Gasteiger partial charge in [0.05, 0.1) is 5.54 Å². The second-order valence-corrected chi connectivity index (χ2v) is 10.5. The zero-order valence-corrected chi connectivity index (χ0v) is 17.8. The average molecular weight is 385 g/mol. The minimum absolute atomic E-state index is 0.151. The Kier molecular flexibility index (Phi) is 7.51. The molecule has 0 saturated heterocycles. The third-order valence-electron chi connectivity index (χ3n) is 2.93. The lowest BCUT2D eigenvalue weighted by atomic mass is 10.1. The van der Waals surface area contributed by atoms with Crippen LogP contribution in [0, 0.1) is 0 Å². The molecule has 140 valence electrons. The molecular formula is C19H29ClN2O2S. The number of rotatable bonds is 7. The summed E-state index contributed by atoms with van der Waals surface area (Å²) in [5.41, 5.74) is -1.25. The van der Waals surface area contributed by atoms with Crippen molar-refractivity contribution in [3.05, 3.63) is 24.3 Å². The highest BCUT2D eigenvalue weighted by Crippen LogP contribution is 2.34. The maximum atomic E-state index is 11.2. The number of ether oxygens (including phenoxy) is 1. The Hall–Kier alpha value is -1.07. The summed E-state index contributed by atoms with van der Waals surface area (Å²) in [4.78, 5) is 12.3. The molecule has 0 aliphatic carbocycles. The van der Waals surface area contributed by atoms with Crippen molar-refractivity contribution >= 4 is 28.6 Å². The number of carbonyl (C=O) groups excluding carboxylic acids is 1. The predicted octanol–water partition coefficient (Wildman–Crippen LogP) is 6.47. The van der Waals surface area contributed by atoms with E-state index < -0.39 is 11.0 Å². The van der Waals surface area contributed by atoms with E-state index in [0.717, 1.165) is 0 Å². The third kappa shape index (κ3) is 9.85. The first-order chi connectivity index (χ1) is 11.3. The molecule has 0 bridgehead atoms. The third-order valence-corrected chi connectivity index (χ3v) is 4.24. The second-order valence-electron chi connectivity index (χ2n) is 8.19. The Labute approximate surface area is 160 Å². The summed E-state index contributed by atoms with van der Waals surface area (Å²) < 4.78 is 6.20. The summed E-state index contributed by atoms with van der Waals surface area (Å²) in [6, 6.07) is 7.89. The molecular weight excluding hydrogens is 356 g/mol. The van der Waals surface area contributed by atoms with Crippen molar-refractivity contribution in [3.63, 3.8) is 0 Å². The number of azo groups is 1. The van der Waals surface area contributed by atoms with Gasteiger partial charge in [-0.05, 0) is 63.6 Å². The van der Waals surface area contributed by atoms with Crippen LogP contribution in [0.3, 0.4) is 0 Å². The number of carbonyl (C=O) groups is 1. The molecule has 25 heavy (non-hydrogen) atoms. The van der Waals surface area contributed by atoms with E-state index in [1.165, 1.54) is 4.90 Å². The summed E-state index contributed by atoms with van der Waals surface area (Å²) in [5, 5.41) is 8.27. The summed E-state index contributed by atoms with van der Waals surface area (Å²) in [6.45, 7) is 14.2. The van der Waals surface area contributed by atoms with E-state index in [-0.39, 0.29) is 16.7 Å². The predicted molar refractivity (Wildman–Crippen MR) is 106 cm³/mol. The molecule has 0 heterocycles. The van der Waals surface area contributed by atoms with Crippen molar-refractivity contribution in [3.8, 4) is 5.75 Å². The number of thioether (sulfide) groups is 1. The average Bonchev–Trinajstić information content (AvgIpc) is 2.43. The van der Waals surface area contributed by atoms with Gasteiger partial charge in [0.2, 0.25) is 11.0 Å².